The zero-order valence-electron chi connectivity index (χ0n) is 17.3. The van der Waals surface area contributed by atoms with Crippen molar-refractivity contribution in [3.8, 4) is 5.75 Å². The van der Waals surface area contributed by atoms with E-state index in [0.717, 1.165) is 30.2 Å². The maximum absolute atomic E-state index is 10.6. The maximum Gasteiger partial charge on any atom is 0.490 e. The minimum absolute atomic E-state index is 0.182. The average molecular weight is 436 g/mol. The van der Waals surface area contributed by atoms with E-state index in [2.05, 4.69) is 41.1 Å². The summed E-state index contributed by atoms with van der Waals surface area (Å²) >= 11 is 0. The summed E-state index contributed by atoms with van der Waals surface area (Å²) in [5.74, 6) is -0.532. The van der Waals surface area contributed by atoms with Crippen LogP contribution in [0, 0.1) is 11.3 Å². The molecule has 1 spiro atoms. The minimum Gasteiger partial charge on any atom is -0.497 e. The highest BCUT2D eigenvalue weighted by Crippen LogP contribution is 2.52. The number of aliphatic imine (C=N–C) groups is 1. The number of carboxylic acid groups (broad SMARTS) is 1. The lowest BCUT2D eigenvalue weighted by Crippen LogP contribution is -2.50. The highest BCUT2D eigenvalue weighted by molar-refractivity contribution is 6.10. The van der Waals surface area contributed by atoms with Crippen LogP contribution in [0.5, 0.6) is 5.75 Å². The van der Waals surface area contributed by atoms with Gasteiger partial charge in [0.2, 0.25) is 0 Å². The third kappa shape index (κ3) is 4.04. The molecule has 1 aromatic rings. The van der Waals surface area contributed by atoms with Crippen LogP contribution >= 0.6 is 0 Å². The van der Waals surface area contributed by atoms with Crippen LogP contribution in [0.2, 0.25) is 0 Å². The molecular weight excluding hydrogens is 413 g/mol. The first-order valence-corrected chi connectivity index (χ1v) is 9.59. The number of piperidine rings is 1. The Morgan fingerprint density at radius 2 is 1.84 bits per heavy atom. The summed E-state index contributed by atoms with van der Waals surface area (Å²) in [7, 11) is 3.41. The third-order valence-corrected chi connectivity index (χ3v) is 5.68. The molecule has 0 amide bonds. The van der Waals surface area contributed by atoms with Crippen molar-refractivity contribution in [3.05, 3.63) is 60.1 Å². The number of carboxylic acids is 1. The van der Waals surface area contributed by atoms with Crippen LogP contribution in [0.4, 0.5) is 18.9 Å². The highest BCUT2D eigenvalue weighted by atomic mass is 19.4. The lowest BCUT2D eigenvalue weighted by molar-refractivity contribution is -0.192. The van der Waals surface area contributed by atoms with Gasteiger partial charge < -0.3 is 19.5 Å². The molecule has 31 heavy (non-hydrogen) atoms. The van der Waals surface area contributed by atoms with E-state index < -0.39 is 12.1 Å². The first kappa shape index (κ1) is 22.5. The summed E-state index contributed by atoms with van der Waals surface area (Å²) < 4.78 is 42.6. The number of hydrogen-bond acceptors (Lipinski definition) is 5. The smallest absolute Gasteiger partial charge is 0.490 e. The van der Waals surface area contributed by atoms with Crippen LogP contribution in [0.1, 0.15) is 13.3 Å². The molecule has 2 aliphatic heterocycles. The normalized spacial score (nSPS) is 24.0. The van der Waals surface area contributed by atoms with E-state index in [4.69, 9.17) is 19.4 Å². The molecule has 0 saturated carbocycles. The number of halogens is 3. The predicted octanol–water partition coefficient (Wildman–Crippen LogP) is 4.56. The molecule has 2 heterocycles. The molecule has 6 nitrogen and oxygen atoms in total. The number of hydrogen-bond donors (Lipinski definition) is 1. The summed E-state index contributed by atoms with van der Waals surface area (Å²) in [5, 5.41) is 7.12. The number of anilines is 1. The maximum atomic E-state index is 10.6. The average Bonchev–Trinajstić information content (AvgIpc) is 3.19. The second-order valence-corrected chi connectivity index (χ2v) is 7.29. The fraction of sp³-hybridized carbons (Fsp3) is 0.364. The zero-order valence-corrected chi connectivity index (χ0v) is 17.3. The van der Waals surface area contributed by atoms with Crippen LogP contribution in [-0.2, 0) is 9.53 Å². The van der Waals surface area contributed by atoms with Crippen molar-refractivity contribution in [2.75, 3.05) is 25.7 Å². The predicted molar refractivity (Wildman–Crippen MR) is 110 cm³/mol. The van der Waals surface area contributed by atoms with Gasteiger partial charge in [0.15, 0.2) is 0 Å². The summed E-state index contributed by atoms with van der Waals surface area (Å²) in [4.78, 5) is 15.9. The van der Waals surface area contributed by atoms with E-state index in [-0.39, 0.29) is 5.41 Å². The van der Waals surface area contributed by atoms with Crippen molar-refractivity contribution in [3.63, 3.8) is 0 Å². The molecule has 1 saturated heterocycles. The number of methoxy groups -OCH3 is 2. The molecule has 4 rings (SSSR count). The van der Waals surface area contributed by atoms with E-state index in [0.29, 0.717) is 5.92 Å². The van der Waals surface area contributed by atoms with Crippen LogP contribution in [-0.4, -0.2) is 43.7 Å². The molecule has 2 unspecified atom stereocenters. The molecule has 166 valence electrons. The number of benzene rings is 1. The quantitative estimate of drug-likeness (QED) is 0.752. The van der Waals surface area contributed by atoms with Gasteiger partial charge >= 0.3 is 12.1 Å². The van der Waals surface area contributed by atoms with Gasteiger partial charge in [-0.15, -0.1) is 0 Å². The van der Waals surface area contributed by atoms with Gasteiger partial charge in [0.05, 0.1) is 25.3 Å². The van der Waals surface area contributed by atoms with Gasteiger partial charge in [-0.2, -0.15) is 13.2 Å². The Hall–Kier alpha value is -3.23. The fourth-order valence-corrected chi connectivity index (χ4v) is 4.09. The first-order valence-electron chi connectivity index (χ1n) is 9.59. The van der Waals surface area contributed by atoms with Crippen molar-refractivity contribution < 1.29 is 32.5 Å². The molecule has 1 N–H and O–H groups in total. The van der Waals surface area contributed by atoms with Gasteiger partial charge in [-0.3, -0.25) is 4.99 Å². The van der Waals surface area contributed by atoms with Crippen molar-refractivity contribution in [2.24, 2.45) is 16.3 Å². The number of aliphatic carboxylic acids is 1. The second-order valence-electron chi connectivity index (χ2n) is 7.29. The molecule has 9 heteroatoms. The van der Waals surface area contributed by atoms with E-state index in [1.165, 1.54) is 11.4 Å². The Morgan fingerprint density at radius 3 is 2.39 bits per heavy atom. The summed E-state index contributed by atoms with van der Waals surface area (Å²) in [6.07, 6.45) is 4.40. The largest absolute Gasteiger partial charge is 0.497 e. The Balaban J connectivity index is 0.000000339. The molecule has 1 fully saturated rings. The van der Waals surface area contributed by atoms with Crippen molar-refractivity contribution in [1.82, 2.24) is 0 Å². The minimum atomic E-state index is -5.08. The fourth-order valence-electron chi connectivity index (χ4n) is 4.09. The first-order chi connectivity index (χ1) is 14.6. The van der Waals surface area contributed by atoms with Gasteiger partial charge in [0, 0.05) is 24.1 Å². The molecule has 0 radical (unpaired) electrons. The number of alkyl halides is 3. The Kier molecular flexibility index (Phi) is 6.15. The monoisotopic (exact) mass is 436 g/mol. The third-order valence-electron chi connectivity index (χ3n) is 5.68. The van der Waals surface area contributed by atoms with Gasteiger partial charge in [-0.25, -0.2) is 4.79 Å². The second kappa shape index (κ2) is 8.49. The number of allylic oxidation sites excluding steroid dienone is 4. The zero-order chi connectivity index (χ0) is 22.8. The molecule has 1 aromatic carbocycles. The standard InChI is InChI=1S/C20H22N2O2.C2HF3O2/c1-14-10-13-22(15-4-6-16(23-2)7-5-15)18-9-8-17(24-3)19-20(14,18)11-12-21-19;3-2(4,5)1(6)7/h4-9,11-12,14H,10,13H2,1-3H3;(H,6,7). The molecule has 2 atom stereocenters. The molecule has 0 bridgehead atoms. The van der Waals surface area contributed by atoms with Gasteiger partial charge in [-0.1, -0.05) is 6.92 Å². The summed E-state index contributed by atoms with van der Waals surface area (Å²) in [5.41, 5.74) is 3.31. The number of ether oxygens (including phenoxy) is 2. The lowest BCUT2D eigenvalue weighted by atomic mass is 9.64. The van der Waals surface area contributed by atoms with Crippen LogP contribution in [0.15, 0.2) is 65.1 Å². The Labute approximate surface area is 178 Å². The van der Waals surface area contributed by atoms with Crippen molar-refractivity contribution >= 4 is 17.4 Å². The van der Waals surface area contributed by atoms with E-state index >= 15 is 0 Å². The van der Waals surface area contributed by atoms with E-state index in [1.54, 1.807) is 14.2 Å². The van der Waals surface area contributed by atoms with E-state index in [1.807, 2.05) is 24.4 Å². The molecular formula is C22H23F3N2O4. The molecule has 1 aliphatic carbocycles. The van der Waals surface area contributed by atoms with Crippen LogP contribution in [0.3, 0.4) is 0 Å². The van der Waals surface area contributed by atoms with Crippen LogP contribution in [0.25, 0.3) is 0 Å². The Morgan fingerprint density at radius 1 is 1.19 bits per heavy atom. The highest BCUT2D eigenvalue weighted by Gasteiger charge is 2.51. The van der Waals surface area contributed by atoms with E-state index in [9.17, 15) is 13.2 Å². The lowest BCUT2D eigenvalue weighted by Gasteiger charge is -2.49. The van der Waals surface area contributed by atoms with Crippen molar-refractivity contribution in [2.45, 2.75) is 19.5 Å². The van der Waals surface area contributed by atoms with Gasteiger partial charge in [0.25, 0.3) is 0 Å². The summed E-state index contributed by atoms with van der Waals surface area (Å²) in [6, 6.07) is 8.27. The van der Waals surface area contributed by atoms with Gasteiger partial charge in [-0.05, 0) is 54.8 Å². The summed E-state index contributed by atoms with van der Waals surface area (Å²) in [6.45, 7) is 3.31. The number of nitrogens with zero attached hydrogens (tertiary/aromatic N) is 2. The van der Waals surface area contributed by atoms with Crippen molar-refractivity contribution in [1.29, 1.82) is 0 Å². The topological polar surface area (TPSA) is 71.4 Å². The SMILES string of the molecule is COC1=CC=C2N(c3ccc(OC)cc3)CCC(C)C23C=CN=C13.O=C(O)C(F)(F)F. The van der Waals surface area contributed by atoms with Crippen LogP contribution < -0.4 is 9.64 Å². The Bertz CT molecular complexity index is 964. The number of rotatable bonds is 3. The van der Waals surface area contributed by atoms with Gasteiger partial charge in [0.1, 0.15) is 11.5 Å². The molecule has 3 aliphatic rings. The molecule has 0 aromatic heterocycles. The number of carbonyl (C=O) groups is 1.